The number of hydrogen-bond donors (Lipinski definition) is 0. The molecule has 0 saturated heterocycles. The first kappa shape index (κ1) is 16.0. The highest BCUT2D eigenvalue weighted by Crippen LogP contribution is 2.35. The van der Waals surface area contributed by atoms with E-state index in [1.807, 2.05) is 6.07 Å². The Morgan fingerprint density at radius 2 is 2.17 bits per heavy atom. The molecule has 1 aromatic carbocycles. The smallest absolute Gasteiger partial charge is 0.330 e. The average molecular weight is 330 g/mol. The number of ether oxygens (including phenoxy) is 3. The second-order valence-corrected chi connectivity index (χ2v) is 5.33. The molecule has 1 heterocycles. The van der Waals surface area contributed by atoms with E-state index in [2.05, 4.69) is 20.3 Å². The fourth-order valence-electron chi connectivity index (χ4n) is 2.19. The Kier molecular flexibility index (Phi) is 4.74. The molecule has 0 unspecified atom stereocenters. The third-order valence-electron chi connectivity index (χ3n) is 3.61. The third kappa shape index (κ3) is 3.70. The first-order chi connectivity index (χ1) is 11.7. The van der Waals surface area contributed by atoms with Crippen LogP contribution in [0.5, 0.6) is 11.5 Å². The maximum absolute atomic E-state index is 11.1. The lowest BCUT2D eigenvalue weighted by Crippen LogP contribution is -2.07. The molecule has 1 saturated carbocycles. The topological polar surface area (TPSA) is 88.4 Å². The lowest BCUT2D eigenvalue weighted by atomic mass is 10.2. The summed E-state index contributed by atoms with van der Waals surface area (Å²) in [7, 11) is 2.89. The molecule has 0 bridgehead atoms. The molecule has 1 aromatic heterocycles. The molecule has 0 amide bonds. The molecule has 0 atom stereocenters. The van der Waals surface area contributed by atoms with Crippen molar-refractivity contribution in [2.45, 2.75) is 25.5 Å². The first-order valence-electron chi connectivity index (χ1n) is 7.55. The number of aromatic nitrogens is 4. The van der Waals surface area contributed by atoms with Crippen molar-refractivity contribution in [3.05, 3.63) is 35.7 Å². The Labute approximate surface area is 139 Å². The van der Waals surface area contributed by atoms with Gasteiger partial charge >= 0.3 is 5.97 Å². The summed E-state index contributed by atoms with van der Waals surface area (Å²) >= 11 is 0. The van der Waals surface area contributed by atoms with E-state index < -0.39 is 5.97 Å². The maximum atomic E-state index is 11.1. The lowest BCUT2D eigenvalue weighted by Gasteiger charge is -2.11. The van der Waals surface area contributed by atoms with E-state index >= 15 is 0 Å². The molecule has 1 aliphatic rings. The van der Waals surface area contributed by atoms with Crippen LogP contribution in [-0.4, -0.2) is 40.4 Å². The summed E-state index contributed by atoms with van der Waals surface area (Å²) in [5, 5.41) is 11.7. The summed E-state index contributed by atoms with van der Waals surface area (Å²) in [6.45, 7) is 0.261. The second-order valence-electron chi connectivity index (χ2n) is 5.33. The molecule has 0 aliphatic heterocycles. The van der Waals surface area contributed by atoms with E-state index in [-0.39, 0.29) is 6.61 Å². The van der Waals surface area contributed by atoms with Crippen molar-refractivity contribution < 1.29 is 19.0 Å². The van der Waals surface area contributed by atoms with Gasteiger partial charge < -0.3 is 14.2 Å². The van der Waals surface area contributed by atoms with Crippen molar-refractivity contribution in [1.29, 1.82) is 0 Å². The molecule has 8 heteroatoms. The van der Waals surface area contributed by atoms with Gasteiger partial charge in [-0.3, -0.25) is 0 Å². The van der Waals surface area contributed by atoms with Crippen LogP contribution in [0.2, 0.25) is 0 Å². The van der Waals surface area contributed by atoms with Crippen molar-refractivity contribution in [3.8, 4) is 11.5 Å². The molecule has 1 fully saturated rings. The van der Waals surface area contributed by atoms with Crippen LogP contribution in [0, 0.1) is 0 Å². The molecular formula is C16H18N4O4. The van der Waals surface area contributed by atoms with Crippen molar-refractivity contribution in [3.63, 3.8) is 0 Å². The zero-order valence-corrected chi connectivity index (χ0v) is 13.5. The van der Waals surface area contributed by atoms with Crippen LogP contribution >= 0.6 is 0 Å². The van der Waals surface area contributed by atoms with E-state index in [1.54, 1.807) is 30.0 Å². The quantitative estimate of drug-likeness (QED) is 0.565. The van der Waals surface area contributed by atoms with Gasteiger partial charge in [0.1, 0.15) is 6.61 Å². The van der Waals surface area contributed by atoms with Crippen LogP contribution in [0.4, 0.5) is 0 Å². The van der Waals surface area contributed by atoms with Gasteiger partial charge in [0, 0.05) is 6.08 Å². The Balaban J connectivity index is 1.69. The molecule has 2 aromatic rings. The van der Waals surface area contributed by atoms with Gasteiger partial charge in [-0.25, -0.2) is 9.48 Å². The SMILES string of the molecule is COC(=O)C=Cc1ccc(OCc2nnnn2C2CC2)c(OC)c1. The van der Waals surface area contributed by atoms with Crippen LogP contribution in [0.1, 0.15) is 30.3 Å². The number of tetrazole rings is 1. The molecule has 8 nitrogen and oxygen atoms in total. The number of rotatable bonds is 7. The van der Waals surface area contributed by atoms with Crippen LogP contribution in [0.15, 0.2) is 24.3 Å². The highest BCUT2D eigenvalue weighted by atomic mass is 16.5. The van der Waals surface area contributed by atoms with Gasteiger partial charge in [0.15, 0.2) is 17.3 Å². The number of nitrogens with zero attached hydrogens (tertiary/aromatic N) is 4. The van der Waals surface area contributed by atoms with Gasteiger partial charge in [0.05, 0.1) is 20.3 Å². The zero-order chi connectivity index (χ0) is 16.9. The minimum absolute atomic E-state index is 0.261. The maximum Gasteiger partial charge on any atom is 0.330 e. The minimum Gasteiger partial charge on any atom is -0.493 e. The highest BCUT2D eigenvalue weighted by molar-refractivity contribution is 5.87. The van der Waals surface area contributed by atoms with E-state index in [1.165, 1.54) is 13.2 Å². The largest absolute Gasteiger partial charge is 0.493 e. The van der Waals surface area contributed by atoms with Crippen molar-refractivity contribution in [2.24, 2.45) is 0 Å². The summed E-state index contributed by atoms with van der Waals surface area (Å²) in [5.41, 5.74) is 0.799. The summed E-state index contributed by atoms with van der Waals surface area (Å²) in [4.78, 5) is 11.1. The van der Waals surface area contributed by atoms with E-state index in [9.17, 15) is 4.79 Å². The lowest BCUT2D eigenvalue weighted by molar-refractivity contribution is -0.134. The van der Waals surface area contributed by atoms with Crippen LogP contribution < -0.4 is 9.47 Å². The predicted octanol–water partition coefficient (Wildman–Crippen LogP) is 1.78. The minimum atomic E-state index is -0.416. The monoisotopic (exact) mass is 330 g/mol. The Morgan fingerprint density at radius 3 is 2.88 bits per heavy atom. The Bertz CT molecular complexity index is 752. The Morgan fingerprint density at radius 1 is 1.33 bits per heavy atom. The highest BCUT2D eigenvalue weighted by Gasteiger charge is 2.27. The van der Waals surface area contributed by atoms with E-state index in [0.717, 1.165) is 18.4 Å². The fourth-order valence-corrected chi connectivity index (χ4v) is 2.19. The zero-order valence-electron chi connectivity index (χ0n) is 13.5. The van der Waals surface area contributed by atoms with Crippen molar-refractivity contribution in [2.75, 3.05) is 14.2 Å². The molecule has 1 aliphatic carbocycles. The number of hydrogen-bond acceptors (Lipinski definition) is 7. The van der Waals surface area contributed by atoms with Crippen LogP contribution in [-0.2, 0) is 16.1 Å². The summed E-state index contributed by atoms with van der Waals surface area (Å²) in [6, 6.07) is 5.77. The normalized spacial score (nSPS) is 13.9. The predicted molar refractivity (Wildman–Crippen MR) is 84.5 cm³/mol. The van der Waals surface area contributed by atoms with Crippen LogP contribution in [0.25, 0.3) is 6.08 Å². The van der Waals surface area contributed by atoms with E-state index in [0.29, 0.717) is 23.4 Å². The van der Waals surface area contributed by atoms with E-state index in [4.69, 9.17) is 9.47 Å². The fraction of sp³-hybridized carbons (Fsp3) is 0.375. The molecule has 24 heavy (non-hydrogen) atoms. The van der Waals surface area contributed by atoms with Crippen molar-refractivity contribution >= 4 is 12.0 Å². The molecule has 0 N–H and O–H groups in total. The Hall–Kier alpha value is -2.90. The molecule has 0 spiro atoms. The molecular weight excluding hydrogens is 312 g/mol. The van der Waals surface area contributed by atoms with Gasteiger partial charge in [0.25, 0.3) is 0 Å². The molecule has 3 rings (SSSR count). The number of carbonyl (C=O) groups excluding carboxylic acids is 1. The second kappa shape index (κ2) is 7.12. The summed E-state index contributed by atoms with van der Waals surface area (Å²) in [5.74, 6) is 1.42. The summed E-state index contributed by atoms with van der Waals surface area (Å²) < 4.78 is 17.5. The van der Waals surface area contributed by atoms with Gasteiger partial charge in [-0.15, -0.1) is 5.10 Å². The molecule has 0 radical (unpaired) electrons. The number of esters is 1. The van der Waals surface area contributed by atoms with Gasteiger partial charge in [-0.2, -0.15) is 0 Å². The number of methoxy groups -OCH3 is 2. The van der Waals surface area contributed by atoms with Crippen molar-refractivity contribution in [1.82, 2.24) is 20.2 Å². The number of carbonyl (C=O) groups is 1. The third-order valence-corrected chi connectivity index (χ3v) is 3.61. The summed E-state index contributed by atoms with van der Waals surface area (Å²) in [6.07, 6.45) is 5.19. The average Bonchev–Trinajstić information content (AvgIpc) is 3.36. The first-order valence-corrected chi connectivity index (χ1v) is 7.55. The van der Waals surface area contributed by atoms with Gasteiger partial charge in [-0.1, -0.05) is 6.07 Å². The number of benzene rings is 1. The van der Waals surface area contributed by atoms with Gasteiger partial charge in [0.2, 0.25) is 0 Å². The van der Waals surface area contributed by atoms with Gasteiger partial charge in [-0.05, 0) is 47.0 Å². The van der Waals surface area contributed by atoms with Crippen LogP contribution in [0.3, 0.4) is 0 Å². The molecule has 126 valence electrons. The standard InChI is InChI=1S/C16H18N4O4/c1-22-14-9-11(4-8-16(21)23-2)3-7-13(14)24-10-15-17-18-19-20(15)12-5-6-12/h3-4,7-9,12H,5-6,10H2,1-2H3.